The van der Waals surface area contributed by atoms with E-state index in [0.29, 0.717) is 23.2 Å². The van der Waals surface area contributed by atoms with Crippen LogP contribution in [0.15, 0.2) is 18.2 Å². The number of benzene rings is 1. The van der Waals surface area contributed by atoms with Gasteiger partial charge in [-0.25, -0.2) is 0 Å². The number of halogens is 1. The third-order valence-corrected chi connectivity index (χ3v) is 2.66. The average molecular weight is 300 g/mol. The zero-order valence-electron chi connectivity index (χ0n) is 9.75. The summed E-state index contributed by atoms with van der Waals surface area (Å²) < 4.78 is 11.2. The molecule has 0 bridgehead atoms. The van der Waals surface area contributed by atoms with Crippen LogP contribution in [0.3, 0.4) is 0 Å². The van der Waals surface area contributed by atoms with Crippen molar-refractivity contribution < 1.29 is 14.3 Å². The topological polar surface area (TPSA) is 47.6 Å². The highest BCUT2D eigenvalue weighted by atomic mass is 79.9. The molecule has 0 aliphatic carbocycles. The van der Waals surface area contributed by atoms with Crippen LogP contribution in [0.2, 0.25) is 0 Å². The minimum Gasteiger partial charge on any atom is -0.449 e. The summed E-state index contributed by atoms with van der Waals surface area (Å²) in [6, 6.07) is 5.37. The van der Waals surface area contributed by atoms with Gasteiger partial charge in [-0.3, -0.25) is 4.79 Å². The molecule has 4 nitrogen and oxygen atoms in total. The summed E-state index contributed by atoms with van der Waals surface area (Å²) in [7, 11) is 0. The van der Waals surface area contributed by atoms with E-state index in [2.05, 4.69) is 21.2 Å². The van der Waals surface area contributed by atoms with Crippen molar-refractivity contribution in [2.24, 2.45) is 0 Å². The third kappa shape index (κ3) is 2.91. The van der Waals surface area contributed by atoms with Crippen LogP contribution < -0.4 is 14.8 Å². The number of anilines is 1. The van der Waals surface area contributed by atoms with Crippen LogP contribution >= 0.6 is 15.9 Å². The number of hydrogen-bond acceptors (Lipinski definition) is 3. The van der Waals surface area contributed by atoms with E-state index >= 15 is 0 Å². The van der Waals surface area contributed by atoms with Crippen molar-refractivity contribution >= 4 is 27.5 Å². The standard InChI is InChI=1S/C12H14BrNO3/c1-12(2)16-9-4-3-8(7-10(9)17-12)14-11(15)5-6-13/h3-4,7H,5-6H2,1-2H3,(H,14,15). The van der Waals surface area contributed by atoms with E-state index in [1.165, 1.54) is 0 Å². The van der Waals surface area contributed by atoms with Gasteiger partial charge in [0.1, 0.15) is 0 Å². The van der Waals surface area contributed by atoms with Gasteiger partial charge in [-0.1, -0.05) is 15.9 Å². The molecule has 92 valence electrons. The Morgan fingerprint density at radius 1 is 1.35 bits per heavy atom. The molecule has 0 unspecified atom stereocenters. The largest absolute Gasteiger partial charge is 0.449 e. The zero-order chi connectivity index (χ0) is 12.5. The van der Waals surface area contributed by atoms with E-state index in [9.17, 15) is 4.79 Å². The summed E-state index contributed by atoms with van der Waals surface area (Å²) in [5.74, 6) is 0.695. The van der Waals surface area contributed by atoms with Gasteiger partial charge in [-0.2, -0.15) is 0 Å². The average Bonchev–Trinajstić information content (AvgIpc) is 2.51. The first-order chi connectivity index (χ1) is 8.00. The minimum absolute atomic E-state index is 0.0278. The van der Waals surface area contributed by atoms with E-state index in [0.717, 1.165) is 5.69 Å². The smallest absolute Gasteiger partial charge is 0.246 e. The summed E-state index contributed by atoms with van der Waals surface area (Å²) in [5, 5.41) is 3.44. The number of fused-ring (bicyclic) bond motifs is 1. The molecule has 1 N–H and O–H groups in total. The number of alkyl halides is 1. The van der Waals surface area contributed by atoms with E-state index < -0.39 is 5.79 Å². The maximum atomic E-state index is 11.4. The fourth-order valence-electron chi connectivity index (χ4n) is 1.61. The maximum absolute atomic E-state index is 11.4. The number of carbonyl (C=O) groups is 1. The number of hydrogen-bond donors (Lipinski definition) is 1. The lowest BCUT2D eigenvalue weighted by Gasteiger charge is -2.16. The highest BCUT2D eigenvalue weighted by Gasteiger charge is 2.31. The Morgan fingerprint density at radius 3 is 2.76 bits per heavy atom. The third-order valence-electron chi connectivity index (χ3n) is 2.26. The molecule has 1 aliphatic rings. The van der Waals surface area contributed by atoms with E-state index in [4.69, 9.17) is 9.47 Å². The predicted octanol–water partition coefficient (Wildman–Crippen LogP) is 2.92. The van der Waals surface area contributed by atoms with Crippen LogP contribution in [0.1, 0.15) is 20.3 Å². The Labute approximate surface area is 108 Å². The second-order valence-electron chi connectivity index (χ2n) is 4.25. The Hall–Kier alpha value is -1.23. The highest BCUT2D eigenvalue weighted by molar-refractivity contribution is 9.09. The second-order valence-corrected chi connectivity index (χ2v) is 5.05. The quantitative estimate of drug-likeness (QED) is 0.873. The number of amides is 1. The molecular weight excluding hydrogens is 286 g/mol. The fourth-order valence-corrected chi connectivity index (χ4v) is 1.97. The van der Waals surface area contributed by atoms with Crippen molar-refractivity contribution in [3.8, 4) is 11.5 Å². The van der Waals surface area contributed by atoms with Crippen molar-refractivity contribution in [2.45, 2.75) is 26.1 Å². The van der Waals surface area contributed by atoms with Crippen LogP contribution in [0.5, 0.6) is 11.5 Å². The minimum atomic E-state index is -0.638. The molecule has 5 heteroatoms. The van der Waals surface area contributed by atoms with Crippen molar-refractivity contribution in [1.29, 1.82) is 0 Å². The predicted molar refractivity (Wildman–Crippen MR) is 68.8 cm³/mol. The lowest BCUT2D eigenvalue weighted by Crippen LogP contribution is -2.29. The van der Waals surface area contributed by atoms with Gasteiger partial charge in [-0.05, 0) is 12.1 Å². The highest BCUT2D eigenvalue weighted by Crippen LogP contribution is 2.40. The van der Waals surface area contributed by atoms with Crippen molar-refractivity contribution in [3.05, 3.63) is 18.2 Å². The Bertz CT molecular complexity index is 445. The van der Waals surface area contributed by atoms with Crippen LogP contribution in [-0.4, -0.2) is 17.0 Å². The van der Waals surface area contributed by atoms with Crippen LogP contribution in [0, 0.1) is 0 Å². The molecule has 1 aliphatic heterocycles. The fraction of sp³-hybridized carbons (Fsp3) is 0.417. The number of carbonyl (C=O) groups excluding carboxylic acids is 1. The number of ether oxygens (including phenoxy) is 2. The second kappa shape index (κ2) is 4.56. The number of nitrogens with one attached hydrogen (secondary N) is 1. The molecule has 1 aromatic carbocycles. The molecule has 0 atom stereocenters. The normalized spacial score (nSPS) is 15.7. The molecule has 0 fully saturated rings. The first-order valence-corrected chi connectivity index (χ1v) is 6.50. The molecule has 0 saturated heterocycles. The molecule has 0 radical (unpaired) electrons. The van der Waals surface area contributed by atoms with Crippen molar-refractivity contribution in [2.75, 3.05) is 10.6 Å². The Balaban J connectivity index is 2.11. The Kier molecular flexibility index (Phi) is 3.28. The van der Waals surface area contributed by atoms with Crippen molar-refractivity contribution in [1.82, 2.24) is 0 Å². The first-order valence-electron chi connectivity index (χ1n) is 5.38. The van der Waals surface area contributed by atoms with Crippen molar-refractivity contribution in [3.63, 3.8) is 0 Å². The molecule has 17 heavy (non-hydrogen) atoms. The molecule has 1 aromatic rings. The van der Waals surface area contributed by atoms with Gasteiger partial charge < -0.3 is 14.8 Å². The summed E-state index contributed by atoms with van der Waals surface area (Å²) in [6.07, 6.45) is 0.444. The lowest BCUT2D eigenvalue weighted by atomic mass is 10.2. The van der Waals surface area contributed by atoms with Crippen LogP contribution in [0.4, 0.5) is 5.69 Å². The van der Waals surface area contributed by atoms with Crippen LogP contribution in [0.25, 0.3) is 0 Å². The van der Waals surface area contributed by atoms with Gasteiger partial charge in [0.15, 0.2) is 11.5 Å². The lowest BCUT2D eigenvalue weighted by molar-refractivity contribution is -0.115. The summed E-state index contributed by atoms with van der Waals surface area (Å²) in [5.41, 5.74) is 0.719. The molecule has 1 amide bonds. The Morgan fingerprint density at radius 2 is 2.06 bits per heavy atom. The molecule has 0 spiro atoms. The van der Waals surface area contributed by atoms with E-state index in [-0.39, 0.29) is 5.91 Å². The SMILES string of the molecule is CC1(C)Oc2ccc(NC(=O)CCBr)cc2O1. The molecule has 2 rings (SSSR count). The molecule has 0 saturated carbocycles. The summed E-state index contributed by atoms with van der Waals surface area (Å²) in [4.78, 5) is 11.4. The van der Waals surface area contributed by atoms with E-state index in [1.807, 2.05) is 13.8 Å². The molecule has 0 aromatic heterocycles. The summed E-state index contributed by atoms with van der Waals surface area (Å²) in [6.45, 7) is 3.69. The zero-order valence-corrected chi connectivity index (χ0v) is 11.3. The monoisotopic (exact) mass is 299 g/mol. The van der Waals surface area contributed by atoms with E-state index in [1.54, 1.807) is 18.2 Å². The van der Waals surface area contributed by atoms with Gasteiger partial charge in [0.2, 0.25) is 11.7 Å². The van der Waals surface area contributed by atoms with Gasteiger partial charge >= 0.3 is 0 Å². The van der Waals surface area contributed by atoms with Gasteiger partial charge in [0.05, 0.1) is 0 Å². The van der Waals surface area contributed by atoms with Crippen LogP contribution in [-0.2, 0) is 4.79 Å². The summed E-state index contributed by atoms with van der Waals surface area (Å²) >= 11 is 3.22. The molecule has 1 heterocycles. The van der Waals surface area contributed by atoms with Gasteiger partial charge in [0, 0.05) is 37.4 Å². The molecular formula is C12H14BrNO3. The number of rotatable bonds is 3. The van der Waals surface area contributed by atoms with Gasteiger partial charge in [0.25, 0.3) is 0 Å². The first kappa shape index (κ1) is 12.2. The van der Waals surface area contributed by atoms with Gasteiger partial charge in [-0.15, -0.1) is 0 Å². The maximum Gasteiger partial charge on any atom is 0.246 e.